The van der Waals surface area contributed by atoms with Gasteiger partial charge in [-0.15, -0.1) is 22.7 Å². The number of halogens is 2. The van der Waals surface area contributed by atoms with Crippen LogP contribution in [0.4, 0.5) is 10.1 Å². The highest BCUT2D eigenvalue weighted by atomic mass is 79.9. The highest BCUT2D eigenvalue weighted by Crippen LogP contribution is 2.30. The zero-order valence-electron chi connectivity index (χ0n) is 10.4. The Labute approximate surface area is 133 Å². The molecule has 3 rings (SSSR count). The van der Waals surface area contributed by atoms with Gasteiger partial charge < -0.3 is 5.32 Å². The molecule has 0 saturated carbocycles. The average Bonchev–Trinajstić information content (AvgIpc) is 3.09. The molecule has 0 aliphatic rings. The minimum atomic E-state index is -0.235. The summed E-state index contributed by atoms with van der Waals surface area (Å²) in [6, 6.07) is 11.0. The fourth-order valence-electron chi connectivity index (χ4n) is 1.86. The summed E-state index contributed by atoms with van der Waals surface area (Å²) in [6.45, 7) is 0.693. The van der Waals surface area contributed by atoms with Gasteiger partial charge in [-0.1, -0.05) is 6.07 Å². The van der Waals surface area contributed by atoms with Crippen LogP contribution in [0, 0.1) is 5.82 Å². The Morgan fingerprint density at radius 3 is 2.85 bits per heavy atom. The van der Waals surface area contributed by atoms with Gasteiger partial charge in [0.25, 0.3) is 0 Å². The predicted octanol–water partition coefficient (Wildman–Crippen LogP) is 5.99. The Kier molecular flexibility index (Phi) is 4.19. The van der Waals surface area contributed by atoms with Gasteiger partial charge in [-0.3, -0.25) is 0 Å². The molecule has 0 amide bonds. The molecule has 3 aromatic rings. The molecule has 0 spiro atoms. The number of hydrogen-bond acceptors (Lipinski definition) is 3. The van der Waals surface area contributed by atoms with Crippen molar-refractivity contribution < 1.29 is 4.39 Å². The van der Waals surface area contributed by atoms with Crippen LogP contribution >= 0.6 is 38.6 Å². The number of thiophene rings is 2. The Morgan fingerprint density at radius 2 is 2.05 bits per heavy atom. The summed E-state index contributed by atoms with van der Waals surface area (Å²) in [6.07, 6.45) is 0. The summed E-state index contributed by atoms with van der Waals surface area (Å²) in [4.78, 5) is 2.50. The van der Waals surface area contributed by atoms with E-state index in [0.29, 0.717) is 6.54 Å². The maximum absolute atomic E-state index is 13.2. The van der Waals surface area contributed by atoms with Crippen LogP contribution in [-0.2, 0) is 6.54 Å². The quantitative estimate of drug-likeness (QED) is 0.596. The van der Waals surface area contributed by atoms with Crippen LogP contribution in [0.1, 0.15) is 4.88 Å². The summed E-state index contributed by atoms with van der Waals surface area (Å²) in [5.41, 5.74) is 2.02. The Hall–Kier alpha value is -1.17. The van der Waals surface area contributed by atoms with Gasteiger partial charge in [-0.25, -0.2) is 4.39 Å². The van der Waals surface area contributed by atoms with E-state index in [1.54, 1.807) is 28.7 Å². The molecular weight excluding hydrogens is 357 g/mol. The summed E-state index contributed by atoms with van der Waals surface area (Å²) < 4.78 is 14.1. The second kappa shape index (κ2) is 6.08. The van der Waals surface area contributed by atoms with Crippen molar-refractivity contribution in [3.8, 4) is 10.4 Å². The van der Waals surface area contributed by atoms with E-state index in [1.807, 2.05) is 0 Å². The van der Waals surface area contributed by atoms with E-state index in [-0.39, 0.29) is 5.82 Å². The highest BCUT2D eigenvalue weighted by molar-refractivity contribution is 9.10. The SMILES string of the molecule is Fc1ccc(Br)c(NCc2cc(-c3cccs3)cs2)c1. The average molecular weight is 368 g/mol. The third-order valence-corrected chi connectivity index (χ3v) is 5.39. The van der Waals surface area contributed by atoms with Gasteiger partial charge >= 0.3 is 0 Å². The summed E-state index contributed by atoms with van der Waals surface area (Å²) >= 11 is 6.87. The van der Waals surface area contributed by atoms with E-state index >= 15 is 0 Å². The van der Waals surface area contributed by atoms with Gasteiger partial charge in [0.05, 0.1) is 5.69 Å². The molecule has 0 radical (unpaired) electrons. The first kappa shape index (κ1) is 13.8. The number of rotatable bonds is 4. The molecule has 20 heavy (non-hydrogen) atoms. The van der Waals surface area contributed by atoms with E-state index in [9.17, 15) is 4.39 Å². The molecule has 0 aliphatic heterocycles. The van der Waals surface area contributed by atoms with Crippen molar-refractivity contribution in [1.82, 2.24) is 0 Å². The van der Waals surface area contributed by atoms with Crippen LogP contribution in [0.15, 0.2) is 51.6 Å². The van der Waals surface area contributed by atoms with Gasteiger partial charge in [0.2, 0.25) is 0 Å². The molecule has 0 bridgehead atoms. The predicted molar refractivity (Wildman–Crippen MR) is 89.1 cm³/mol. The van der Waals surface area contributed by atoms with Crippen LogP contribution < -0.4 is 5.32 Å². The first-order valence-corrected chi connectivity index (χ1v) is 8.58. The van der Waals surface area contributed by atoms with E-state index in [0.717, 1.165) is 10.2 Å². The van der Waals surface area contributed by atoms with Crippen LogP contribution in [0.5, 0.6) is 0 Å². The largest absolute Gasteiger partial charge is 0.379 e. The third-order valence-electron chi connectivity index (χ3n) is 2.84. The topological polar surface area (TPSA) is 12.0 Å². The van der Waals surface area contributed by atoms with Crippen molar-refractivity contribution in [3.05, 3.63) is 62.3 Å². The Morgan fingerprint density at radius 1 is 1.15 bits per heavy atom. The molecule has 0 fully saturated rings. The Bertz CT molecular complexity index is 706. The van der Waals surface area contributed by atoms with Crippen molar-refractivity contribution in [2.75, 3.05) is 5.32 Å². The summed E-state index contributed by atoms with van der Waals surface area (Å²) in [5, 5.41) is 7.49. The fraction of sp³-hybridized carbons (Fsp3) is 0.0667. The first-order chi connectivity index (χ1) is 9.72. The summed E-state index contributed by atoms with van der Waals surface area (Å²) in [7, 11) is 0. The lowest BCUT2D eigenvalue weighted by atomic mass is 10.2. The normalized spacial score (nSPS) is 10.7. The van der Waals surface area contributed by atoms with Gasteiger partial charge in [0, 0.05) is 26.3 Å². The van der Waals surface area contributed by atoms with E-state index in [1.165, 1.54) is 27.5 Å². The molecule has 1 aromatic carbocycles. The zero-order chi connectivity index (χ0) is 13.9. The highest BCUT2D eigenvalue weighted by Gasteiger charge is 2.05. The van der Waals surface area contributed by atoms with E-state index < -0.39 is 0 Å². The summed E-state index contributed by atoms with van der Waals surface area (Å²) in [5.74, 6) is -0.235. The van der Waals surface area contributed by atoms with Crippen molar-refractivity contribution >= 4 is 44.3 Å². The first-order valence-electron chi connectivity index (χ1n) is 6.02. The second-order valence-electron chi connectivity index (χ2n) is 4.26. The van der Waals surface area contributed by atoms with Gasteiger partial charge in [0.15, 0.2) is 0 Å². The standard InChI is InChI=1S/C15H11BrFNS2/c16-13-4-3-11(17)7-14(13)18-8-12-6-10(9-20-12)15-2-1-5-19-15/h1-7,9,18H,8H2. The molecule has 0 aliphatic carbocycles. The maximum Gasteiger partial charge on any atom is 0.125 e. The molecule has 0 atom stereocenters. The number of hydrogen-bond donors (Lipinski definition) is 1. The lowest BCUT2D eigenvalue weighted by Crippen LogP contribution is -1.98. The van der Waals surface area contributed by atoms with Gasteiger partial charge in [-0.2, -0.15) is 0 Å². The van der Waals surface area contributed by atoms with Crippen LogP contribution in [0.3, 0.4) is 0 Å². The Balaban J connectivity index is 1.71. The van der Waals surface area contributed by atoms with Crippen molar-refractivity contribution in [2.45, 2.75) is 6.54 Å². The minimum Gasteiger partial charge on any atom is -0.379 e. The van der Waals surface area contributed by atoms with Gasteiger partial charge in [-0.05, 0) is 57.0 Å². The smallest absolute Gasteiger partial charge is 0.125 e. The van der Waals surface area contributed by atoms with Crippen LogP contribution in [0.25, 0.3) is 10.4 Å². The molecule has 0 saturated heterocycles. The molecule has 102 valence electrons. The van der Waals surface area contributed by atoms with Gasteiger partial charge in [0.1, 0.15) is 5.82 Å². The minimum absolute atomic E-state index is 0.235. The van der Waals surface area contributed by atoms with E-state index in [2.05, 4.69) is 50.2 Å². The van der Waals surface area contributed by atoms with Crippen molar-refractivity contribution in [1.29, 1.82) is 0 Å². The maximum atomic E-state index is 13.2. The van der Waals surface area contributed by atoms with E-state index in [4.69, 9.17) is 0 Å². The van der Waals surface area contributed by atoms with Crippen molar-refractivity contribution in [2.24, 2.45) is 0 Å². The molecule has 0 unspecified atom stereocenters. The molecular formula is C15H11BrFNS2. The molecule has 1 N–H and O–H groups in total. The number of anilines is 1. The van der Waals surface area contributed by atoms with Crippen molar-refractivity contribution in [3.63, 3.8) is 0 Å². The monoisotopic (exact) mass is 367 g/mol. The molecule has 5 heteroatoms. The third kappa shape index (κ3) is 3.11. The fourth-order valence-corrected chi connectivity index (χ4v) is 3.86. The number of nitrogens with one attached hydrogen (secondary N) is 1. The molecule has 1 nitrogen and oxygen atoms in total. The van der Waals surface area contributed by atoms with Crippen LogP contribution in [0.2, 0.25) is 0 Å². The second-order valence-corrected chi connectivity index (χ2v) is 7.05. The molecule has 2 aromatic heterocycles. The molecule has 2 heterocycles. The zero-order valence-corrected chi connectivity index (χ0v) is 13.6. The lowest BCUT2D eigenvalue weighted by molar-refractivity contribution is 0.628. The van der Waals surface area contributed by atoms with Crippen LogP contribution in [-0.4, -0.2) is 0 Å². The number of benzene rings is 1. The lowest BCUT2D eigenvalue weighted by Gasteiger charge is -2.07.